The Hall–Kier alpha value is -0.280. The number of halogens is 2. The summed E-state index contributed by atoms with van der Waals surface area (Å²) in [5.74, 6) is 0.712. The minimum atomic E-state index is 0. The molecule has 1 N–H and O–H groups in total. The Labute approximate surface area is 114 Å². The molecule has 1 aliphatic heterocycles. The van der Waals surface area contributed by atoms with Crippen LogP contribution in [-0.2, 0) is 11.3 Å². The molecule has 0 atom stereocenters. The van der Waals surface area contributed by atoms with E-state index in [0.717, 1.165) is 30.3 Å². The molecule has 0 radical (unpaired) electrons. The van der Waals surface area contributed by atoms with Crippen molar-refractivity contribution in [2.75, 3.05) is 19.7 Å². The maximum atomic E-state index is 6.06. The maximum Gasteiger partial charge on any atom is 0.0731 e. The lowest BCUT2D eigenvalue weighted by molar-refractivity contribution is 0.0764. The predicted molar refractivity (Wildman–Crippen MR) is 73.9 cm³/mol. The van der Waals surface area contributed by atoms with E-state index in [1.807, 2.05) is 24.3 Å². The molecule has 17 heavy (non-hydrogen) atoms. The molecule has 1 fully saturated rings. The van der Waals surface area contributed by atoms with Crippen molar-refractivity contribution in [1.82, 2.24) is 5.32 Å². The molecule has 96 valence electrons. The number of ether oxygens (including phenoxy) is 1. The lowest BCUT2D eigenvalue weighted by Crippen LogP contribution is -2.29. The fourth-order valence-electron chi connectivity index (χ4n) is 2.00. The smallest absolute Gasteiger partial charge is 0.0731 e. The molecule has 0 amide bonds. The largest absolute Gasteiger partial charge is 0.376 e. The molecule has 4 heteroatoms. The van der Waals surface area contributed by atoms with Gasteiger partial charge in [0.2, 0.25) is 0 Å². The number of hydrogen-bond acceptors (Lipinski definition) is 2. The summed E-state index contributed by atoms with van der Waals surface area (Å²) in [6.45, 7) is 3.73. The van der Waals surface area contributed by atoms with Gasteiger partial charge in [-0.25, -0.2) is 0 Å². The van der Waals surface area contributed by atoms with Gasteiger partial charge in [-0.15, -0.1) is 12.4 Å². The second kappa shape index (κ2) is 7.93. The molecule has 1 saturated heterocycles. The summed E-state index contributed by atoms with van der Waals surface area (Å²) < 4.78 is 5.73. The standard InChI is InChI=1S/C13H18ClNO.ClH/c14-13-4-2-1-3-12(13)10-16-9-11-5-7-15-8-6-11;/h1-4,11,15H,5-10H2;1H. The lowest BCUT2D eigenvalue weighted by Gasteiger charge is -2.22. The van der Waals surface area contributed by atoms with Crippen LogP contribution in [0.4, 0.5) is 0 Å². The molecule has 1 aromatic carbocycles. The Bertz CT molecular complexity index is 327. The first-order valence-electron chi connectivity index (χ1n) is 5.88. The van der Waals surface area contributed by atoms with Crippen LogP contribution in [0.5, 0.6) is 0 Å². The molecule has 0 aliphatic carbocycles. The van der Waals surface area contributed by atoms with Crippen LogP contribution in [0.15, 0.2) is 24.3 Å². The third-order valence-electron chi connectivity index (χ3n) is 3.03. The van der Waals surface area contributed by atoms with Crippen LogP contribution < -0.4 is 5.32 Å². The van der Waals surface area contributed by atoms with Gasteiger partial charge in [0.15, 0.2) is 0 Å². The minimum Gasteiger partial charge on any atom is -0.376 e. The van der Waals surface area contributed by atoms with Gasteiger partial charge in [0.05, 0.1) is 6.61 Å². The highest BCUT2D eigenvalue weighted by Crippen LogP contribution is 2.17. The van der Waals surface area contributed by atoms with Gasteiger partial charge in [0, 0.05) is 11.6 Å². The van der Waals surface area contributed by atoms with Crippen LogP contribution in [0.3, 0.4) is 0 Å². The molecule has 2 nitrogen and oxygen atoms in total. The number of nitrogens with one attached hydrogen (secondary N) is 1. The van der Waals surface area contributed by atoms with Crippen molar-refractivity contribution in [3.8, 4) is 0 Å². The third kappa shape index (κ3) is 4.84. The van der Waals surface area contributed by atoms with Crippen LogP contribution in [0.2, 0.25) is 5.02 Å². The second-order valence-electron chi connectivity index (χ2n) is 4.30. The highest BCUT2D eigenvalue weighted by atomic mass is 35.5. The van der Waals surface area contributed by atoms with E-state index >= 15 is 0 Å². The van der Waals surface area contributed by atoms with E-state index in [1.165, 1.54) is 12.8 Å². The quantitative estimate of drug-likeness (QED) is 0.911. The minimum absolute atomic E-state index is 0. The first-order valence-corrected chi connectivity index (χ1v) is 6.26. The molecule has 2 rings (SSSR count). The summed E-state index contributed by atoms with van der Waals surface area (Å²) >= 11 is 6.06. The maximum absolute atomic E-state index is 6.06. The van der Waals surface area contributed by atoms with E-state index in [9.17, 15) is 0 Å². The molecule has 0 spiro atoms. The van der Waals surface area contributed by atoms with Gasteiger partial charge in [-0.2, -0.15) is 0 Å². The van der Waals surface area contributed by atoms with E-state index in [4.69, 9.17) is 16.3 Å². The van der Waals surface area contributed by atoms with E-state index in [-0.39, 0.29) is 12.4 Å². The van der Waals surface area contributed by atoms with Crippen LogP contribution in [-0.4, -0.2) is 19.7 Å². The highest BCUT2D eigenvalue weighted by molar-refractivity contribution is 6.31. The lowest BCUT2D eigenvalue weighted by atomic mass is 9.99. The molecule has 1 aromatic rings. The van der Waals surface area contributed by atoms with Crippen molar-refractivity contribution in [1.29, 1.82) is 0 Å². The Kier molecular flexibility index (Phi) is 6.90. The number of rotatable bonds is 4. The van der Waals surface area contributed by atoms with Crippen LogP contribution in [0.1, 0.15) is 18.4 Å². The van der Waals surface area contributed by atoms with Crippen LogP contribution >= 0.6 is 24.0 Å². The molecule has 1 heterocycles. The summed E-state index contributed by atoms with van der Waals surface area (Å²) in [7, 11) is 0. The predicted octanol–water partition coefficient (Wildman–Crippen LogP) is 3.28. The van der Waals surface area contributed by atoms with E-state index in [0.29, 0.717) is 12.5 Å². The van der Waals surface area contributed by atoms with Crippen molar-refractivity contribution in [2.45, 2.75) is 19.4 Å². The summed E-state index contributed by atoms with van der Waals surface area (Å²) in [4.78, 5) is 0. The Morgan fingerprint density at radius 1 is 1.24 bits per heavy atom. The topological polar surface area (TPSA) is 21.3 Å². The molecular formula is C13H19Cl2NO. The number of hydrogen-bond donors (Lipinski definition) is 1. The summed E-state index contributed by atoms with van der Waals surface area (Å²) in [5.41, 5.74) is 1.08. The van der Waals surface area contributed by atoms with Gasteiger partial charge in [-0.3, -0.25) is 0 Å². The zero-order valence-electron chi connectivity index (χ0n) is 9.82. The summed E-state index contributed by atoms with van der Waals surface area (Å²) in [5, 5.41) is 4.15. The van der Waals surface area contributed by atoms with E-state index in [1.54, 1.807) is 0 Å². The normalized spacial score (nSPS) is 16.5. The van der Waals surface area contributed by atoms with Crippen molar-refractivity contribution < 1.29 is 4.74 Å². The van der Waals surface area contributed by atoms with Crippen molar-refractivity contribution in [3.05, 3.63) is 34.9 Å². The van der Waals surface area contributed by atoms with E-state index in [2.05, 4.69) is 5.32 Å². The Morgan fingerprint density at radius 3 is 2.65 bits per heavy atom. The number of piperidine rings is 1. The van der Waals surface area contributed by atoms with Crippen molar-refractivity contribution in [2.24, 2.45) is 5.92 Å². The summed E-state index contributed by atoms with van der Waals surface area (Å²) in [6, 6.07) is 7.86. The van der Waals surface area contributed by atoms with Crippen molar-refractivity contribution in [3.63, 3.8) is 0 Å². The molecule has 0 aromatic heterocycles. The first-order chi connectivity index (χ1) is 7.86. The zero-order chi connectivity index (χ0) is 11.2. The van der Waals surface area contributed by atoms with Gasteiger partial charge in [0.1, 0.15) is 0 Å². The van der Waals surface area contributed by atoms with Gasteiger partial charge in [-0.05, 0) is 43.5 Å². The second-order valence-corrected chi connectivity index (χ2v) is 4.71. The molecule has 0 saturated carbocycles. The monoisotopic (exact) mass is 275 g/mol. The van der Waals surface area contributed by atoms with E-state index < -0.39 is 0 Å². The highest BCUT2D eigenvalue weighted by Gasteiger charge is 2.12. The molecular weight excluding hydrogens is 257 g/mol. The number of benzene rings is 1. The van der Waals surface area contributed by atoms with Crippen molar-refractivity contribution >= 4 is 24.0 Å². The molecule has 0 bridgehead atoms. The van der Waals surface area contributed by atoms with Gasteiger partial charge in [0.25, 0.3) is 0 Å². The fraction of sp³-hybridized carbons (Fsp3) is 0.538. The molecule has 1 aliphatic rings. The zero-order valence-corrected chi connectivity index (χ0v) is 11.4. The SMILES string of the molecule is Cl.Clc1ccccc1COCC1CCNCC1. The van der Waals surface area contributed by atoms with Gasteiger partial charge in [-0.1, -0.05) is 29.8 Å². The fourth-order valence-corrected chi connectivity index (χ4v) is 2.19. The Balaban J connectivity index is 0.00000144. The summed E-state index contributed by atoms with van der Waals surface area (Å²) in [6.07, 6.45) is 2.45. The van der Waals surface area contributed by atoms with Gasteiger partial charge >= 0.3 is 0 Å². The van der Waals surface area contributed by atoms with Gasteiger partial charge < -0.3 is 10.1 Å². The van der Waals surface area contributed by atoms with Crippen LogP contribution in [0.25, 0.3) is 0 Å². The first kappa shape index (κ1) is 14.8. The third-order valence-corrected chi connectivity index (χ3v) is 3.40. The average molecular weight is 276 g/mol. The molecule has 0 unspecified atom stereocenters. The van der Waals surface area contributed by atoms with Crippen LogP contribution in [0, 0.1) is 5.92 Å². The Morgan fingerprint density at radius 2 is 1.94 bits per heavy atom. The average Bonchev–Trinajstić information content (AvgIpc) is 2.33.